The first-order chi connectivity index (χ1) is 7.22. The van der Waals surface area contributed by atoms with Gasteiger partial charge in [-0.05, 0) is 26.7 Å². The van der Waals surface area contributed by atoms with Crippen LogP contribution in [0.2, 0.25) is 0 Å². The minimum atomic E-state index is 0.491. The molecule has 0 radical (unpaired) electrons. The lowest BCUT2D eigenvalue weighted by Gasteiger charge is -2.31. The van der Waals surface area contributed by atoms with Crippen LogP contribution in [0.25, 0.3) is 0 Å². The summed E-state index contributed by atoms with van der Waals surface area (Å²) in [5, 5.41) is 0.949. The van der Waals surface area contributed by atoms with Crippen LogP contribution in [0, 0.1) is 0 Å². The van der Waals surface area contributed by atoms with Crippen LogP contribution in [0.3, 0.4) is 0 Å². The fourth-order valence-electron chi connectivity index (χ4n) is 1.78. The van der Waals surface area contributed by atoms with Gasteiger partial charge in [0.15, 0.2) is 0 Å². The van der Waals surface area contributed by atoms with Crippen molar-refractivity contribution < 1.29 is 4.74 Å². The fourth-order valence-corrected chi connectivity index (χ4v) is 1.97. The third-order valence-electron chi connectivity index (χ3n) is 2.72. The van der Waals surface area contributed by atoms with Gasteiger partial charge in [0, 0.05) is 25.0 Å². The van der Waals surface area contributed by atoms with E-state index in [0.717, 1.165) is 18.5 Å². The van der Waals surface area contributed by atoms with Crippen LogP contribution < -0.4 is 0 Å². The number of hydrogen-bond donors (Lipinski definition) is 0. The number of likely N-dealkylation sites (tertiary alicyclic amines) is 1. The van der Waals surface area contributed by atoms with Gasteiger partial charge in [-0.2, -0.15) is 0 Å². The molecule has 1 heterocycles. The van der Waals surface area contributed by atoms with Crippen molar-refractivity contribution in [2.75, 3.05) is 31.6 Å². The van der Waals surface area contributed by atoms with E-state index in [1.54, 1.807) is 0 Å². The van der Waals surface area contributed by atoms with E-state index in [1.165, 1.54) is 31.5 Å². The lowest BCUT2D eigenvalue weighted by atomic mass is 10.1. The molecule has 0 aromatic heterocycles. The third kappa shape index (κ3) is 5.69. The highest BCUT2D eigenvalue weighted by atomic mass is 79.9. The Morgan fingerprint density at radius 3 is 2.60 bits per heavy atom. The molecule has 0 spiro atoms. The molecule has 0 atom stereocenters. The maximum Gasteiger partial charge on any atom is 0.0599 e. The molecule has 0 unspecified atom stereocenters. The van der Waals surface area contributed by atoms with Gasteiger partial charge in [-0.3, -0.25) is 4.90 Å². The number of allylic oxidation sites excluding steroid dienone is 1. The highest BCUT2D eigenvalue weighted by molar-refractivity contribution is 9.09. The second-order valence-corrected chi connectivity index (χ2v) is 5.13. The monoisotopic (exact) mass is 275 g/mol. The molecule has 0 aliphatic carbocycles. The predicted molar refractivity (Wildman–Crippen MR) is 68.6 cm³/mol. The van der Waals surface area contributed by atoms with Gasteiger partial charge in [0.05, 0.1) is 12.7 Å². The Labute approximate surface area is 102 Å². The zero-order valence-electron chi connectivity index (χ0n) is 9.84. The lowest BCUT2D eigenvalue weighted by Crippen LogP contribution is -2.37. The van der Waals surface area contributed by atoms with E-state index in [2.05, 4.69) is 40.8 Å². The molecule has 0 saturated carbocycles. The molecule has 1 saturated heterocycles. The Kier molecular flexibility index (Phi) is 6.53. The molecular weight excluding hydrogens is 254 g/mol. The van der Waals surface area contributed by atoms with Crippen molar-refractivity contribution in [3.05, 3.63) is 11.6 Å². The molecule has 0 amide bonds. The van der Waals surface area contributed by atoms with Gasteiger partial charge in [0.1, 0.15) is 0 Å². The number of alkyl halides is 1. The molecule has 88 valence electrons. The maximum atomic E-state index is 5.72. The number of halogens is 1. The summed E-state index contributed by atoms with van der Waals surface area (Å²) < 4.78 is 5.72. The van der Waals surface area contributed by atoms with Gasteiger partial charge < -0.3 is 4.74 Å². The first kappa shape index (κ1) is 13.2. The van der Waals surface area contributed by atoms with Crippen LogP contribution in [-0.4, -0.2) is 42.6 Å². The number of nitrogens with zero attached hydrogens (tertiary/aromatic N) is 1. The molecule has 1 fully saturated rings. The van der Waals surface area contributed by atoms with Crippen molar-refractivity contribution >= 4 is 15.9 Å². The van der Waals surface area contributed by atoms with E-state index >= 15 is 0 Å². The molecular formula is C12H22BrNO. The minimum absolute atomic E-state index is 0.491. The Bertz CT molecular complexity index is 194. The average Bonchev–Trinajstić information content (AvgIpc) is 2.25. The number of ether oxygens (including phenoxy) is 1. The number of rotatable bonds is 5. The van der Waals surface area contributed by atoms with Crippen LogP contribution in [0.15, 0.2) is 11.6 Å². The van der Waals surface area contributed by atoms with Crippen molar-refractivity contribution in [1.29, 1.82) is 0 Å². The van der Waals surface area contributed by atoms with Crippen molar-refractivity contribution in [2.24, 2.45) is 0 Å². The lowest BCUT2D eigenvalue weighted by molar-refractivity contribution is 0.0184. The molecule has 0 aromatic rings. The van der Waals surface area contributed by atoms with Crippen LogP contribution >= 0.6 is 15.9 Å². The summed E-state index contributed by atoms with van der Waals surface area (Å²) >= 11 is 3.39. The number of hydrogen-bond acceptors (Lipinski definition) is 2. The summed E-state index contributed by atoms with van der Waals surface area (Å²) in [6.07, 6.45) is 5.16. The van der Waals surface area contributed by atoms with Crippen molar-refractivity contribution in [3.8, 4) is 0 Å². The molecule has 15 heavy (non-hydrogen) atoms. The average molecular weight is 276 g/mol. The Morgan fingerprint density at radius 1 is 1.40 bits per heavy atom. The van der Waals surface area contributed by atoms with E-state index in [1.807, 2.05) is 0 Å². The molecule has 2 nitrogen and oxygen atoms in total. The second kappa shape index (κ2) is 7.42. The number of piperidine rings is 1. The Morgan fingerprint density at radius 2 is 2.07 bits per heavy atom. The summed E-state index contributed by atoms with van der Waals surface area (Å²) in [5.41, 5.74) is 1.41. The van der Waals surface area contributed by atoms with Gasteiger partial charge in [-0.25, -0.2) is 0 Å². The molecule has 0 aromatic carbocycles. The third-order valence-corrected chi connectivity index (χ3v) is 3.05. The Balaban J connectivity index is 2.15. The fraction of sp³-hybridized carbons (Fsp3) is 0.833. The SMILES string of the molecule is CC(C)=CCN1CCC(OCCBr)CC1. The highest BCUT2D eigenvalue weighted by Gasteiger charge is 2.18. The smallest absolute Gasteiger partial charge is 0.0599 e. The highest BCUT2D eigenvalue weighted by Crippen LogP contribution is 2.13. The first-order valence-corrected chi connectivity index (χ1v) is 6.88. The van der Waals surface area contributed by atoms with Gasteiger partial charge >= 0.3 is 0 Å². The van der Waals surface area contributed by atoms with Crippen LogP contribution in [0.5, 0.6) is 0 Å². The van der Waals surface area contributed by atoms with Gasteiger partial charge in [0.25, 0.3) is 0 Å². The molecule has 0 bridgehead atoms. The van der Waals surface area contributed by atoms with Crippen LogP contribution in [0.1, 0.15) is 26.7 Å². The van der Waals surface area contributed by atoms with E-state index in [0.29, 0.717) is 6.10 Å². The van der Waals surface area contributed by atoms with Gasteiger partial charge in [0.2, 0.25) is 0 Å². The van der Waals surface area contributed by atoms with E-state index in [4.69, 9.17) is 4.74 Å². The molecule has 1 aliphatic rings. The normalized spacial score (nSPS) is 19.1. The van der Waals surface area contributed by atoms with Crippen molar-refractivity contribution in [2.45, 2.75) is 32.8 Å². The summed E-state index contributed by atoms with van der Waals surface area (Å²) in [6, 6.07) is 0. The standard InChI is InChI=1S/C12H22BrNO/c1-11(2)3-7-14-8-4-12(5-9-14)15-10-6-13/h3,12H,4-10H2,1-2H3. The summed E-state index contributed by atoms with van der Waals surface area (Å²) in [4.78, 5) is 2.50. The zero-order chi connectivity index (χ0) is 11.1. The Hall–Kier alpha value is 0.140. The van der Waals surface area contributed by atoms with E-state index in [9.17, 15) is 0 Å². The largest absolute Gasteiger partial charge is 0.377 e. The summed E-state index contributed by atoms with van der Waals surface area (Å²) in [7, 11) is 0. The van der Waals surface area contributed by atoms with E-state index in [-0.39, 0.29) is 0 Å². The van der Waals surface area contributed by atoms with Crippen LogP contribution in [-0.2, 0) is 4.74 Å². The molecule has 1 aliphatic heterocycles. The predicted octanol–water partition coefficient (Wildman–Crippen LogP) is 2.83. The molecule has 1 rings (SSSR count). The molecule has 0 N–H and O–H groups in total. The quantitative estimate of drug-likeness (QED) is 0.565. The summed E-state index contributed by atoms with van der Waals surface area (Å²) in [5.74, 6) is 0. The van der Waals surface area contributed by atoms with E-state index < -0.39 is 0 Å². The van der Waals surface area contributed by atoms with Crippen LogP contribution in [0.4, 0.5) is 0 Å². The first-order valence-electron chi connectivity index (χ1n) is 5.75. The van der Waals surface area contributed by atoms with Crippen molar-refractivity contribution in [1.82, 2.24) is 4.90 Å². The summed E-state index contributed by atoms with van der Waals surface area (Å²) in [6.45, 7) is 8.62. The minimum Gasteiger partial charge on any atom is -0.377 e. The zero-order valence-corrected chi connectivity index (χ0v) is 11.4. The van der Waals surface area contributed by atoms with Gasteiger partial charge in [-0.15, -0.1) is 0 Å². The van der Waals surface area contributed by atoms with Crippen molar-refractivity contribution in [3.63, 3.8) is 0 Å². The second-order valence-electron chi connectivity index (χ2n) is 4.34. The van der Waals surface area contributed by atoms with Gasteiger partial charge in [-0.1, -0.05) is 27.6 Å². The topological polar surface area (TPSA) is 12.5 Å². The molecule has 3 heteroatoms. The maximum absolute atomic E-state index is 5.72.